The Kier molecular flexibility index (Phi) is 6.91. The number of rotatable bonds is 6. The van der Waals surface area contributed by atoms with Crippen molar-refractivity contribution in [3.8, 4) is 0 Å². The summed E-state index contributed by atoms with van der Waals surface area (Å²) in [6.07, 6.45) is 0. The normalized spacial score (nSPS) is 19.1. The zero-order valence-corrected chi connectivity index (χ0v) is 13.4. The number of piperazine rings is 1. The molecule has 7 heteroatoms. The van der Waals surface area contributed by atoms with Gasteiger partial charge in [-0.15, -0.1) is 0 Å². The molecule has 21 heavy (non-hydrogen) atoms. The summed E-state index contributed by atoms with van der Waals surface area (Å²) in [5.41, 5.74) is 0. The molecule has 0 aromatic carbocycles. The van der Waals surface area contributed by atoms with Gasteiger partial charge in [0, 0.05) is 39.8 Å². The fraction of sp³-hybridized carbons (Fsp3) is 0.857. The van der Waals surface area contributed by atoms with Gasteiger partial charge in [-0.2, -0.15) is 0 Å². The molecule has 0 aromatic heterocycles. The molecule has 1 heterocycles. The van der Waals surface area contributed by atoms with Crippen molar-refractivity contribution in [1.29, 1.82) is 0 Å². The molecule has 122 valence electrons. The van der Waals surface area contributed by atoms with Crippen LogP contribution in [0.25, 0.3) is 0 Å². The lowest BCUT2D eigenvalue weighted by Gasteiger charge is -2.40. The Morgan fingerprint density at radius 3 is 2.24 bits per heavy atom. The van der Waals surface area contributed by atoms with Crippen LogP contribution < -0.4 is 0 Å². The lowest BCUT2D eigenvalue weighted by atomic mass is 10.2. The van der Waals surface area contributed by atoms with Crippen LogP contribution in [0, 0.1) is 0 Å². The van der Waals surface area contributed by atoms with Gasteiger partial charge in [-0.25, -0.2) is 4.79 Å². The lowest BCUT2D eigenvalue weighted by molar-refractivity contribution is -0.143. The second-order valence-corrected chi connectivity index (χ2v) is 5.41. The van der Waals surface area contributed by atoms with E-state index in [-0.39, 0.29) is 12.1 Å². The number of hydrogen-bond donors (Lipinski definition) is 1. The highest BCUT2D eigenvalue weighted by Crippen LogP contribution is 2.11. The Labute approximate surface area is 126 Å². The number of ether oxygens (including phenoxy) is 1. The van der Waals surface area contributed by atoms with Crippen LogP contribution in [0.5, 0.6) is 0 Å². The number of carbonyl (C=O) groups excluding carboxylic acids is 1. The first-order valence-electron chi connectivity index (χ1n) is 7.43. The number of hydrogen-bond acceptors (Lipinski definition) is 4. The van der Waals surface area contributed by atoms with Crippen molar-refractivity contribution in [3.63, 3.8) is 0 Å². The van der Waals surface area contributed by atoms with Crippen LogP contribution >= 0.6 is 0 Å². The average molecular weight is 301 g/mol. The van der Waals surface area contributed by atoms with Gasteiger partial charge in [0.05, 0.1) is 12.6 Å². The summed E-state index contributed by atoms with van der Waals surface area (Å²) in [7, 11) is 1.63. The molecule has 0 radical (unpaired) electrons. The first kappa shape index (κ1) is 17.7. The first-order valence-corrected chi connectivity index (χ1v) is 7.43. The van der Waals surface area contributed by atoms with E-state index in [0.29, 0.717) is 39.3 Å². The maximum atomic E-state index is 12.5. The van der Waals surface area contributed by atoms with Crippen molar-refractivity contribution in [2.45, 2.75) is 32.9 Å². The van der Waals surface area contributed by atoms with E-state index in [2.05, 4.69) is 0 Å². The summed E-state index contributed by atoms with van der Waals surface area (Å²) in [5.74, 6) is -0.821. The van der Waals surface area contributed by atoms with Gasteiger partial charge in [-0.1, -0.05) is 0 Å². The van der Waals surface area contributed by atoms with Crippen LogP contribution in [0.15, 0.2) is 0 Å². The molecular formula is C14H27N3O4. The summed E-state index contributed by atoms with van der Waals surface area (Å²) in [6.45, 7) is 9.05. The number of amides is 2. The largest absolute Gasteiger partial charge is 0.480 e. The molecule has 2 amide bonds. The van der Waals surface area contributed by atoms with E-state index < -0.39 is 12.0 Å². The van der Waals surface area contributed by atoms with Crippen molar-refractivity contribution in [3.05, 3.63) is 0 Å². The van der Waals surface area contributed by atoms with Crippen molar-refractivity contribution < 1.29 is 19.4 Å². The first-order chi connectivity index (χ1) is 9.92. The van der Waals surface area contributed by atoms with E-state index in [1.54, 1.807) is 23.8 Å². The fourth-order valence-electron chi connectivity index (χ4n) is 2.60. The summed E-state index contributed by atoms with van der Waals surface area (Å²) < 4.78 is 5.11. The maximum absolute atomic E-state index is 12.5. The maximum Gasteiger partial charge on any atom is 0.320 e. The Bertz CT molecular complexity index is 356. The topological polar surface area (TPSA) is 73.3 Å². The molecule has 1 N–H and O–H groups in total. The van der Waals surface area contributed by atoms with E-state index in [1.165, 1.54) is 0 Å². The monoisotopic (exact) mass is 301 g/mol. The van der Waals surface area contributed by atoms with Crippen molar-refractivity contribution in [2.24, 2.45) is 0 Å². The van der Waals surface area contributed by atoms with Gasteiger partial charge in [0.2, 0.25) is 0 Å². The van der Waals surface area contributed by atoms with E-state index in [0.717, 1.165) is 0 Å². The average Bonchev–Trinajstić information content (AvgIpc) is 2.47. The van der Waals surface area contributed by atoms with Crippen LogP contribution in [-0.4, -0.2) is 90.3 Å². The smallest absolute Gasteiger partial charge is 0.320 e. The Morgan fingerprint density at radius 2 is 1.81 bits per heavy atom. The van der Waals surface area contributed by atoms with Gasteiger partial charge in [-0.05, 0) is 20.8 Å². The Hall–Kier alpha value is -1.34. The number of nitrogens with zero attached hydrogens (tertiary/aromatic N) is 3. The third-order valence-corrected chi connectivity index (χ3v) is 4.02. The number of likely N-dealkylation sites (N-methyl/N-ethyl adjacent to an activating group) is 1. The Morgan fingerprint density at radius 1 is 1.24 bits per heavy atom. The minimum atomic E-state index is -0.821. The number of carboxylic acid groups (broad SMARTS) is 1. The SMILES string of the molecule is CCN(C(=O)N1CCN(C(C)C(=O)O)CC1)C(C)COC. The minimum Gasteiger partial charge on any atom is -0.480 e. The second-order valence-electron chi connectivity index (χ2n) is 5.41. The molecular weight excluding hydrogens is 274 g/mol. The summed E-state index contributed by atoms with van der Waals surface area (Å²) in [4.78, 5) is 29.0. The molecule has 0 spiro atoms. The van der Waals surface area contributed by atoms with Crippen LogP contribution in [0.2, 0.25) is 0 Å². The lowest BCUT2D eigenvalue weighted by Crippen LogP contribution is -2.57. The molecule has 1 aliphatic rings. The highest BCUT2D eigenvalue weighted by molar-refractivity contribution is 5.75. The third-order valence-electron chi connectivity index (χ3n) is 4.02. The van der Waals surface area contributed by atoms with Gasteiger partial charge >= 0.3 is 12.0 Å². The van der Waals surface area contributed by atoms with Gasteiger partial charge < -0.3 is 19.6 Å². The molecule has 1 aliphatic heterocycles. The van der Waals surface area contributed by atoms with Gasteiger partial charge in [0.1, 0.15) is 6.04 Å². The molecule has 0 aromatic rings. The molecule has 2 atom stereocenters. The third kappa shape index (κ3) is 4.57. The van der Waals surface area contributed by atoms with Crippen molar-refractivity contribution in [1.82, 2.24) is 14.7 Å². The molecule has 0 aliphatic carbocycles. The van der Waals surface area contributed by atoms with E-state index in [9.17, 15) is 9.59 Å². The van der Waals surface area contributed by atoms with Crippen LogP contribution in [0.4, 0.5) is 4.79 Å². The molecule has 1 saturated heterocycles. The summed E-state index contributed by atoms with van der Waals surface area (Å²) in [5, 5.41) is 9.02. The molecule has 0 bridgehead atoms. The summed E-state index contributed by atoms with van der Waals surface area (Å²) >= 11 is 0. The number of aliphatic carboxylic acids is 1. The Balaban J connectivity index is 2.56. The van der Waals surface area contributed by atoms with E-state index in [4.69, 9.17) is 9.84 Å². The van der Waals surface area contributed by atoms with Gasteiger partial charge in [0.25, 0.3) is 0 Å². The number of carbonyl (C=O) groups is 2. The van der Waals surface area contributed by atoms with Crippen molar-refractivity contribution >= 4 is 12.0 Å². The quantitative estimate of drug-likeness (QED) is 0.776. The predicted octanol–water partition coefficient (Wildman–Crippen LogP) is 0.554. The zero-order valence-electron chi connectivity index (χ0n) is 13.4. The second kappa shape index (κ2) is 8.19. The number of carboxylic acids is 1. The summed E-state index contributed by atoms with van der Waals surface area (Å²) in [6, 6.07) is -0.468. The molecule has 0 saturated carbocycles. The van der Waals surface area contributed by atoms with E-state index in [1.807, 2.05) is 18.7 Å². The fourth-order valence-corrected chi connectivity index (χ4v) is 2.60. The van der Waals surface area contributed by atoms with Crippen LogP contribution in [-0.2, 0) is 9.53 Å². The molecule has 7 nitrogen and oxygen atoms in total. The molecule has 1 fully saturated rings. The highest BCUT2D eigenvalue weighted by atomic mass is 16.5. The van der Waals surface area contributed by atoms with Crippen LogP contribution in [0.3, 0.4) is 0 Å². The molecule has 1 rings (SSSR count). The van der Waals surface area contributed by atoms with Crippen molar-refractivity contribution in [2.75, 3.05) is 46.4 Å². The van der Waals surface area contributed by atoms with E-state index >= 15 is 0 Å². The zero-order chi connectivity index (χ0) is 16.0. The standard InChI is InChI=1S/C14H27N3O4/c1-5-17(11(2)10-21-4)14(20)16-8-6-15(7-9-16)12(3)13(18)19/h11-12H,5-10H2,1-4H3,(H,18,19). The molecule has 2 unspecified atom stereocenters. The number of urea groups is 1. The highest BCUT2D eigenvalue weighted by Gasteiger charge is 2.30. The minimum absolute atomic E-state index is 0.00433. The van der Waals surface area contributed by atoms with Gasteiger partial charge in [0.15, 0.2) is 0 Å². The number of methoxy groups -OCH3 is 1. The predicted molar refractivity (Wildman–Crippen MR) is 79.4 cm³/mol. The van der Waals surface area contributed by atoms with Gasteiger partial charge in [-0.3, -0.25) is 9.69 Å². The van der Waals surface area contributed by atoms with Crippen LogP contribution in [0.1, 0.15) is 20.8 Å².